The van der Waals surface area contributed by atoms with Gasteiger partial charge in [-0.25, -0.2) is 4.39 Å². The van der Waals surface area contributed by atoms with E-state index < -0.39 is 29.3 Å². The van der Waals surface area contributed by atoms with Gasteiger partial charge in [0.2, 0.25) is 0 Å². The van der Waals surface area contributed by atoms with Crippen molar-refractivity contribution >= 4 is 28.8 Å². The Morgan fingerprint density at radius 2 is 1.65 bits per heavy atom. The molecule has 3 aromatic carbocycles. The van der Waals surface area contributed by atoms with Crippen molar-refractivity contribution in [3.05, 3.63) is 89.2 Å². The van der Waals surface area contributed by atoms with Crippen LogP contribution >= 0.6 is 0 Å². The minimum atomic E-state index is -0.966. The van der Waals surface area contributed by atoms with Crippen LogP contribution < -0.4 is 19.3 Å². The SMILES string of the molecule is COc1ccc(F)cc1/C(O)=C1\C(=O)C(=O)N(c2ccc(N(C)C)cc2)C1c1ccc(OC(C)C)cc1. The van der Waals surface area contributed by atoms with Crippen molar-refractivity contribution in [3.8, 4) is 11.5 Å². The molecule has 3 aromatic rings. The molecule has 1 N–H and O–H groups in total. The van der Waals surface area contributed by atoms with Crippen LogP contribution in [0.15, 0.2) is 72.3 Å². The summed E-state index contributed by atoms with van der Waals surface area (Å²) in [7, 11) is 5.17. The van der Waals surface area contributed by atoms with Crippen molar-refractivity contribution in [2.24, 2.45) is 0 Å². The molecule has 7 nitrogen and oxygen atoms in total. The Morgan fingerprint density at radius 3 is 2.22 bits per heavy atom. The number of rotatable bonds is 7. The summed E-state index contributed by atoms with van der Waals surface area (Å²) in [6.45, 7) is 3.82. The van der Waals surface area contributed by atoms with Crippen molar-refractivity contribution in [1.29, 1.82) is 0 Å². The number of Topliss-reactive ketones (excluding diaryl/α,β-unsaturated/α-hetero) is 1. The summed E-state index contributed by atoms with van der Waals surface area (Å²) in [5, 5.41) is 11.3. The molecule has 1 saturated heterocycles. The Kier molecular flexibility index (Phi) is 7.20. The van der Waals surface area contributed by atoms with E-state index in [1.165, 1.54) is 24.1 Å². The largest absolute Gasteiger partial charge is 0.507 e. The number of halogens is 1. The molecule has 0 radical (unpaired) electrons. The van der Waals surface area contributed by atoms with Gasteiger partial charge in [0.1, 0.15) is 23.1 Å². The number of benzene rings is 3. The molecule has 0 bridgehead atoms. The molecule has 1 atom stereocenters. The minimum Gasteiger partial charge on any atom is -0.507 e. The lowest BCUT2D eigenvalue weighted by atomic mass is 9.94. The van der Waals surface area contributed by atoms with Gasteiger partial charge in [-0.05, 0) is 74.0 Å². The molecule has 0 aromatic heterocycles. The number of carbonyl (C=O) groups excluding carboxylic acids is 2. The van der Waals surface area contributed by atoms with Crippen LogP contribution in [0.1, 0.15) is 31.0 Å². The smallest absolute Gasteiger partial charge is 0.300 e. The molecule has 37 heavy (non-hydrogen) atoms. The van der Waals surface area contributed by atoms with Crippen LogP contribution in [-0.2, 0) is 9.59 Å². The normalized spacial score (nSPS) is 16.8. The number of amides is 1. The number of hydrogen-bond acceptors (Lipinski definition) is 6. The Hall–Kier alpha value is -4.33. The van der Waals surface area contributed by atoms with Gasteiger partial charge in [-0.3, -0.25) is 14.5 Å². The van der Waals surface area contributed by atoms with Crippen LogP contribution in [0.2, 0.25) is 0 Å². The van der Waals surface area contributed by atoms with E-state index in [1.807, 2.05) is 45.0 Å². The Bertz CT molecular complexity index is 1350. The highest BCUT2D eigenvalue weighted by Crippen LogP contribution is 2.44. The van der Waals surface area contributed by atoms with Crippen LogP contribution in [0.5, 0.6) is 11.5 Å². The molecular weight excluding hydrogens is 475 g/mol. The second kappa shape index (κ2) is 10.3. The summed E-state index contributed by atoms with van der Waals surface area (Å²) in [5.74, 6) is -2.04. The maximum absolute atomic E-state index is 14.1. The van der Waals surface area contributed by atoms with Gasteiger partial charge in [0, 0.05) is 25.5 Å². The molecule has 192 valence electrons. The molecule has 1 fully saturated rings. The molecule has 1 aliphatic rings. The zero-order chi connectivity index (χ0) is 26.9. The van der Waals surface area contributed by atoms with E-state index in [4.69, 9.17) is 9.47 Å². The number of aliphatic hydroxyl groups excluding tert-OH is 1. The molecule has 1 aliphatic heterocycles. The predicted molar refractivity (Wildman–Crippen MR) is 141 cm³/mol. The fourth-order valence-electron chi connectivity index (χ4n) is 4.34. The van der Waals surface area contributed by atoms with Gasteiger partial charge in [0.15, 0.2) is 0 Å². The summed E-state index contributed by atoms with van der Waals surface area (Å²) in [6, 6.07) is 16.8. The Labute approximate surface area is 215 Å². The Morgan fingerprint density at radius 1 is 1.00 bits per heavy atom. The lowest BCUT2D eigenvalue weighted by Crippen LogP contribution is -2.29. The molecule has 0 aliphatic carbocycles. The molecule has 0 saturated carbocycles. The standard InChI is InChI=1S/C29H29FN2O5/c1-17(2)37-22-13-6-18(7-14-22)26-25(27(33)23-16-19(30)8-15-24(23)36-5)28(34)29(35)32(26)21-11-9-20(10-12-21)31(3)4/h6-17,26,33H,1-5H3/b27-25+. The van der Waals surface area contributed by atoms with Gasteiger partial charge < -0.3 is 19.5 Å². The fourth-order valence-corrected chi connectivity index (χ4v) is 4.34. The molecular formula is C29H29FN2O5. The van der Waals surface area contributed by atoms with E-state index in [9.17, 15) is 19.1 Å². The third-order valence-electron chi connectivity index (χ3n) is 6.07. The summed E-state index contributed by atoms with van der Waals surface area (Å²) in [5.41, 5.74) is 1.78. The second-order valence-electron chi connectivity index (χ2n) is 9.16. The zero-order valence-corrected chi connectivity index (χ0v) is 21.4. The van der Waals surface area contributed by atoms with Gasteiger partial charge >= 0.3 is 0 Å². The quantitative estimate of drug-likeness (QED) is 0.267. The van der Waals surface area contributed by atoms with Gasteiger partial charge in [-0.15, -0.1) is 0 Å². The fraction of sp³-hybridized carbons (Fsp3) is 0.241. The molecule has 1 heterocycles. The van der Waals surface area contributed by atoms with E-state index in [0.29, 0.717) is 17.0 Å². The number of carbonyl (C=O) groups is 2. The minimum absolute atomic E-state index is 0.0202. The average molecular weight is 505 g/mol. The van der Waals surface area contributed by atoms with Crippen LogP contribution in [0.3, 0.4) is 0 Å². The van der Waals surface area contributed by atoms with Crippen LogP contribution in [0.4, 0.5) is 15.8 Å². The van der Waals surface area contributed by atoms with E-state index >= 15 is 0 Å². The monoisotopic (exact) mass is 504 g/mol. The van der Waals surface area contributed by atoms with E-state index in [0.717, 1.165) is 11.8 Å². The highest BCUT2D eigenvalue weighted by atomic mass is 19.1. The van der Waals surface area contributed by atoms with E-state index in [1.54, 1.807) is 36.4 Å². The number of methoxy groups -OCH3 is 1. The third-order valence-corrected chi connectivity index (χ3v) is 6.07. The maximum Gasteiger partial charge on any atom is 0.300 e. The van der Waals surface area contributed by atoms with Crippen molar-refractivity contribution in [2.75, 3.05) is 31.0 Å². The van der Waals surface area contributed by atoms with Crippen molar-refractivity contribution in [2.45, 2.75) is 26.0 Å². The number of nitrogens with zero attached hydrogens (tertiary/aromatic N) is 2. The number of ether oxygens (including phenoxy) is 2. The lowest BCUT2D eigenvalue weighted by molar-refractivity contribution is -0.132. The first-order valence-corrected chi connectivity index (χ1v) is 11.8. The summed E-state index contributed by atoms with van der Waals surface area (Å²) in [4.78, 5) is 30.0. The number of ketones is 1. The molecule has 1 amide bonds. The summed E-state index contributed by atoms with van der Waals surface area (Å²) in [6.07, 6.45) is -0.0351. The number of hydrogen-bond donors (Lipinski definition) is 1. The predicted octanol–water partition coefficient (Wildman–Crippen LogP) is 5.31. The first-order valence-electron chi connectivity index (χ1n) is 11.8. The van der Waals surface area contributed by atoms with Crippen molar-refractivity contribution in [1.82, 2.24) is 0 Å². The van der Waals surface area contributed by atoms with E-state index in [2.05, 4.69) is 0 Å². The van der Waals surface area contributed by atoms with Gasteiger partial charge in [0.05, 0.1) is 30.4 Å². The van der Waals surface area contributed by atoms with Gasteiger partial charge in [0.25, 0.3) is 11.7 Å². The van der Waals surface area contributed by atoms with Gasteiger partial charge in [-0.2, -0.15) is 0 Å². The van der Waals surface area contributed by atoms with Gasteiger partial charge in [-0.1, -0.05) is 12.1 Å². The number of anilines is 2. The lowest BCUT2D eigenvalue weighted by Gasteiger charge is -2.26. The van der Waals surface area contributed by atoms with Crippen molar-refractivity contribution in [3.63, 3.8) is 0 Å². The highest BCUT2D eigenvalue weighted by Gasteiger charge is 2.47. The molecule has 0 spiro atoms. The molecule has 4 rings (SSSR count). The summed E-state index contributed by atoms with van der Waals surface area (Å²) >= 11 is 0. The average Bonchev–Trinajstić information content (AvgIpc) is 3.14. The second-order valence-corrected chi connectivity index (χ2v) is 9.16. The number of aliphatic hydroxyl groups is 1. The Balaban J connectivity index is 1.91. The van der Waals surface area contributed by atoms with Crippen LogP contribution in [0.25, 0.3) is 5.76 Å². The topological polar surface area (TPSA) is 79.3 Å². The van der Waals surface area contributed by atoms with Crippen LogP contribution in [-0.4, -0.2) is 44.1 Å². The summed E-state index contributed by atoms with van der Waals surface area (Å²) < 4.78 is 25.2. The first-order chi connectivity index (χ1) is 17.6. The van der Waals surface area contributed by atoms with E-state index in [-0.39, 0.29) is 23.0 Å². The highest BCUT2D eigenvalue weighted by molar-refractivity contribution is 6.51. The first kappa shape index (κ1) is 25.8. The maximum atomic E-state index is 14.1. The zero-order valence-electron chi connectivity index (χ0n) is 21.4. The molecule has 8 heteroatoms. The third kappa shape index (κ3) is 5.00. The van der Waals surface area contributed by atoms with Crippen LogP contribution in [0, 0.1) is 5.82 Å². The molecule has 1 unspecified atom stereocenters. The van der Waals surface area contributed by atoms with Crippen molar-refractivity contribution < 1.29 is 28.6 Å².